The van der Waals surface area contributed by atoms with E-state index in [9.17, 15) is 68.1 Å². The molecule has 0 aromatic heterocycles. The number of amides is 9. The van der Waals surface area contributed by atoms with Crippen molar-refractivity contribution >= 4 is 86.7 Å². The number of carboxylic acid groups (broad SMARTS) is 2. The Morgan fingerprint density at radius 3 is 2.03 bits per heavy atom. The molecule has 14 N–H and O–H groups in total. The standard InChI is InChI=1S/C43H64N10O14S2/c1-5-22(4)35-42(66)47-26(12-13-33(56)57)38(62)49-29(17-34(58)59)39(63)51-30(20-69-68-19-25(44)36(60)48-28(40(64)52-35)16-23-8-10-24(54)11-9-23)43(67)53-14-6-7-31(53)41(65)50-27(15-21(2)3)37(61)46-18-32(45)55/h8-11,21-22,25-31,35,54H,5-7,12-20,44H2,1-4H3,(H2,45,55)(H,46,61)(H,47,66)(H,48,60)(H,49,62)(H,50,65)(H,51,63)(H,52,64)(H,56,57)(H,58,59)/t22-,25-,26-,27-,28-,29-,30-,31-,35-/m0/s1. The van der Waals surface area contributed by atoms with Gasteiger partial charge in [0.15, 0.2) is 0 Å². The van der Waals surface area contributed by atoms with Crippen LogP contribution in [0.4, 0.5) is 0 Å². The van der Waals surface area contributed by atoms with Crippen molar-refractivity contribution in [3.05, 3.63) is 29.8 Å². The minimum atomic E-state index is -1.91. The molecule has 1 aromatic carbocycles. The fourth-order valence-corrected chi connectivity index (χ4v) is 9.58. The first-order valence-corrected chi connectivity index (χ1v) is 24.9. The first-order chi connectivity index (χ1) is 32.5. The second-order valence-electron chi connectivity index (χ2n) is 17.3. The lowest BCUT2D eigenvalue weighted by atomic mass is 9.96. The fraction of sp³-hybridized carbons (Fsp3) is 0.605. The average Bonchev–Trinajstić information content (AvgIpc) is 3.78. The normalized spacial score (nSPS) is 24.3. The molecule has 0 unspecified atom stereocenters. The molecule has 0 bridgehead atoms. The van der Waals surface area contributed by atoms with Crippen LogP contribution >= 0.6 is 21.6 Å². The molecular weight excluding hydrogens is 945 g/mol. The Balaban J connectivity index is 2.05. The SMILES string of the molecule is CC[C@H](C)[C@@H]1NC(=O)[C@H](Cc2ccc(O)cc2)NC(=O)[C@@H](N)CSSC[C@@H](C(=O)N2CCC[C@H]2C(=O)N[C@@H](CC(C)C)C(=O)NCC(N)=O)NC(=O)[C@H](CC(=O)O)NC(=O)[C@H](CCC(=O)O)NC1=O. The Bertz CT molecular complexity index is 2050. The summed E-state index contributed by atoms with van der Waals surface area (Å²) in [5, 5.41) is 46.7. The summed E-state index contributed by atoms with van der Waals surface area (Å²) in [6, 6.07) is -5.60. The minimum Gasteiger partial charge on any atom is -0.508 e. The second-order valence-corrected chi connectivity index (χ2v) is 19.8. The number of nitrogens with one attached hydrogen (secondary N) is 7. The number of hydrogen-bond donors (Lipinski definition) is 12. The number of primary amides is 1. The minimum absolute atomic E-state index is 0.0195. The maximum Gasteiger partial charge on any atom is 0.305 e. The second kappa shape index (κ2) is 27.7. The number of aliphatic carboxylic acids is 2. The van der Waals surface area contributed by atoms with Crippen LogP contribution in [0.15, 0.2) is 24.3 Å². The van der Waals surface area contributed by atoms with Crippen molar-refractivity contribution in [2.75, 3.05) is 24.6 Å². The topological polar surface area (TPSA) is 388 Å². The summed E-state index contributed by atoms with van der Waals surface area (Å²) < 4.78 is 0. The molecule has 3 rings (SSSR count). The van der Waals surface area contributed by atoms with E-state index in [1.165, 1.54) is 29.2 Å². The number of aromatic hydroxyl groups is 1. The van der Waals surface area contributed by atoms with Gasteiger partial charge >= 0.3 is 11.9 Å². The van der Waals surface area contributed by atoms with Crippen LogP contribution in [-0.4, -0.2) is 158 Å². The number of rotatable bonds is 17. The summed E-state index contributed by atoms with van der Waals surface area (Å²) in [7, 11) is 1.98. The Morgan fingerprint density at radius 1 is 0.812 bits per heavy atom. The number of nitrogens with zero attached hydrogens (tertiary/aromatic N) is 1. The van der Waals surface area contributed by atoms with E-state index in [0.29, 0.717) is 18.4 Å². The highest BCUT2D eigenvalue weighted by molar-refractivity contribution is 8.76. The predicted molar refractivity (Wildman–Crippen MR) is 251 cm³/mol. The smallest absolute Gasteiger partial charge is 0.305 e. The van der Waals surface area contributed by atoms with Crippen LogP contribution in [0.5, 0.6) is 5.75 Å². The largest absolute Gasteiger partial charge is 0.508 e. The molecule has 24 nitrogen and oxygen atoms in total. The van der Waals surface area contributed by atoms with E-state index < -0.39 is 145 Å². The molecule has 9 amide bonds. The monoisotopic (exact) mass is 1010 g/mol. The summed E-state index contributed by atoms with van der Waals surface area (Å²) in [6.07, 6.45) is -1.47. The van der Waals surface area contributed by atoms with Crippen molar-refractivity contribution in [1.29, 1.82) is 0 Å². The van der Waals surface area contributed by atoms with E-state index >= 15 is 0 Å². The number of carboxylic acids is 2. The highest BCUT2D eigenvalue weighted by atomic mass is 33.1. The molecule has 2 aliphatic heterocycles. The third kappa shape index (κ3) is 18.7. The van der Waals surface area contributed by atoms with Crippen molar-refractivity contribution in [2.24, 2.45) is 23.3 Å². The number of likely N-dealkylation sites (tertiary alicyclic amines) is 1. The van der Waals surface area contributed by atoms with Crippen LogP contribution in [0.2, 0.25) is 0 Å². The summed E-state index contributed by atoms with van der Waals surface area (Å²) >= 11 is 0. The summed E-state index contributed by atoms with van der Waals surface area (Å²) in [5.41, 5.74) is 12.0. The van der Waals surface area contributed by atoms with Crippen LogP contribution in [0, 0.1) is 11.8 Å². The zero-order valence-electron chi connectivity index (χ0n) is 38.8. The maximum atomic E-state index is 14.5. The first-order valence-electron chi connectivity index (χ1n) is 22.4. The van der Waals surface area contributed by atoms with Gasteiger partial charge in [-0.15, -0.1) is 0 Å². The number of nitrogens with two attached hydrogens (primary N) is 2. The van der Waals surface area contributed by atoms with E-state index in [4.69, 9.17) is 11.5 Å². The zero-order valence-corrected chi connectivity index (χ0v) is 40.5. The quantitative estimate of drug-likeness (QED) is 0.0723. The van der Waals surface area contributed by atoms with Crippen molar-refractivity contribution in [1.82, 2.24) is 42.1 Å². The van der Waals surface area contributed by atoms with E-state index in [-0.39, 0.29) is 49.0 Å². The van der Waals surface area contributed by atoms with Gasteiger partial charge in [-0.1, -0.05) is 67.8 Å². The van der Waals surface area contributed by atoms with Gasteiger partial charge < -0.3 is 68.9 Å². The molecule has 0 saturated carbocycles. The first kappa shape index (κ1) is 57.2. The van der Waals surface area contributed by atoms with Crippen LogP contribution in [0.1, 0.15) is 78.2 Å². The van der Waals surface area contributed by atoms with Gasteiger partial charge in [-0.25, -0.2) is 0 Å². The van der Waals surface area contributed by atoms with Gasteiger partial charge in [-0.05, 0) is 55.2 Å². The van der Waals surface area contributed by atoms with Crippen molar-refractivity contribution in [2.45, 2.75) is 127 Å². The Labute approximate surface area is 406 Å². The van der Waals surface area contributed by atoms with Crippen molar-refractivity contribution < 1.29 is 68.1 Å². The lowest BCUT2D eigenvalue weighted by molar-refractivity contribution is -0.143. The van der Waals surface area contributed by atoms with E-state index in [1.54, 1.807) is 27.7 Å². The van der Waals surface area contributed by atoms with Gasteiger partial charge in [0.05, 0.1) is 19.0 Å². The van der Waals surface area contributed by atoms with Gasteiger partial charge in [0.25, 0.3) is 0 Å². The summed E-state index contributed by atoms with van der Waals surface area (Å²) in [4.78, 5) is 147. The van der Waals surface area contributed by atoms with Gasteiger partial charge in [-0.3, -0.25) is 52.7 Å². The molecule has 2 fully saturated rings. The Hall–Kier alpha value is -6.15. The van der Waals surface area contributed by atoms with Gasteiger partial charge in [0.2, 0.25) is 53.2 Å². The molecule has 2 heterocycles. The third-order valence-electron chi connectivity index (χ3n) is 11.2. The lowest BCUT2D eigenvalue weighted by Gasteiger charge is -2.31. The number of phenolic OH excluding ortho intramolecular Hbond substituents is 1. The number of benzene rings is 1. The van der Waals surface area contributed by atoms with Gasteiger partial charge in [0, 0.05) is 30.9 Å². The van der Waals surface area contributed by atoms with Gasteiger partial charge in [0.1, 0.15) is 48.0 Å². The Morgan fingerprint density at radius 2 is 1.42 bits per heavy atom. The third-order valence-corrected chi connectivity index (χ3v) is 13.7. The van der Waals surface area contributed by atoms with E-state index in [2.05, 4.69) is 37.2 Å². The Kier molecular flexibility index (Phi) is 23.0. The van der Waals surface area contributed by atoms with Crippen molar-refractivity contribution in [3.8, 4) is 5.75 Å². The average molecular weight is 1010 g/mol. The molecule has 26 heteroatoms. The van der Waals surface area contributed by atoms with Crippen LogP contribution in [-0.2, 0) is 59.2 Å². The maximum absolute atomic E-state index is 14.5. The zero-order chi connectivity index (χ0) is 51.5. The molecule has 9 atom stereocenters. The predicted octanol–water partition coefficient (Wildman–Crippen LogP) is -2.41. The molecule has 382 valence electrons. The van der Waals surface area contributed by atoms with Crippen LogP contribution < -0.4 is 48.7 Å². The highest BCUT2D eigenvalue weighted by Crippen LogP contribution is 2.26. The van der Waals surface area contributed by atoms with Gasteiger partial charge in [-0.2, -0.15) is 0 Å². The number of phenols is 1. The number of hydrogen-bond acceptors (Lipinski definition) is 15. The molecule has 0 aliphatic carbocycles. The van der Waals surface area contributed by atoms with Crippen LogP contribution in [0.3, 0.4) is 0 Å². The molecule has 69 heavy (non-hydrogen) atoms. The number of carbonyl (C=O) groups is 11. The van der Waals surface area contributed by atoms with Crippen molar-refractivity contribution in [3.63, 3.8) is 0 Å². The molecule has 0 radical (unpaired) electrons. The molecule has 2 saturated heterocycles. The highest BCUT2D eigenvalue weighted by Gasteiger charge is 2.41. The lowest BCUT2D eigenvalue weighted by Crippen LogP contribution is -2.61. The molecule has 0 spiro atoms. The van der Waals surface area contributed by atoms with E-state index in [1.807, 2.05) is 0 Å². The fourth-order valence-electron chi connectivity index (χ4n) is 7.30. The molecular formula is C43H64N10O14S2. The number of carbonyl (C=O) groups excluding carboxylic acids is 9. The van der Waals surface area contributed by atoms with Crippen LogP contribution in [0.25, 0.3) is 0 Å². The summed E-state index contributed by atoms with van der Waals surface area (Å²) in [6.45, 7) is 6.47. The summed E-state index contributed by atoms with van der Waals surface area (Å²) in [5.74, 6) is -12.0. The van der Waals surface area contributed by atoms with E-state index in [0.717, 1.165) is 21.6 Å². The molecule has 2 aliphatic rings. The molecule has 1 aromatic rings.